The van der Waals surface area contributed by atoms with Crippen LogP contribution in [-0.2, 0) is 4.79 Å². The van der Waals surface area contributed by atoms with E-state index in [1.807, 2.05) is 0 Å². The number of hydrogen-bond acceptors (Lipinski definition) is 2. The molecule has 2 N–H and O–H groups in total. The highest BCUT2D eigenvalue weighted by Gasteiger charge is 1.95. The maximum atomic E-state index is 10.0. The summed E-state index contributed by atoms with van der Waals surface area (Å²) < 4.78 is 0. The first-order valence-electron chi connectivity index (χ1n) is 7.14. The van der Waals surface area contributed by atoms with Crippen molar-refractivity contribution >= 4 is 5.78 Å². The summed E-state index contributed by atoms with van der Waals surface area (Å²) in [6.07, 6.45) is 4.08. The Morgan fingerprint density at radius 3 is 1.63 bits per heavy atom. The molecule has 0 aliphatic heterocycles. The minimum absolute atomic E-state index is 0.0370. The first-order valence-corrected chi connectivity index (χ1v) is 7.14. The van der Waals surface area contributed by atoms with Crippen LogP contribution < -0.4 is 5.73 Å². The average Bonchev–Trinajstić information content (AvgIpc) is 2.31. The molecule has 1 rings (SSSR count). The van der Waals surface area contributed by atoms with Crippen LogP contribution in [0, 0.1) is 13.8 Å². The smallest absolute Gasteiger partial charge is 0.146 e. The molecular weight excluding hydrogens is 234 g/mol. The van der Waals surface area contributed by atoms with Crippen molar-refractivity contribution in [1.82, 2.24) is 0 Å². The Labute approximate surface area is 119 Å². The van der Waals surface area contributed by atoms with Gasteiger partial charge in [-0.05, 0) is 27.7 Å². The summed E-state index contributed by atoms with van der Waals surface area (Å²) in [5.41, 5.74) is 7.76. The van der Waals surface area contributed by atoms with Gasteiger partial charge in [0, 0.05) is 0 Å². The third-order valence-electron chi connectivity index (χ3n) is 2.52. The zero-order valence-corrected chi connectivity index (χ0v) is 13.5. The highest BCUT2D eigenvalue weighted by atomic mass is 16.1. The predicted octanol–water partition coefficient (Wildman–Crippen LogP) is 4.42. The Balaban J connectivity index is 0. The van der Waals surface area contributed by atoms with Crippen molar-refractivity contribution in [3.05, 3.63) is 35.4 Å². The molecule has 0 bridgehead atoms. The summed E-state index contributed by atoms with van der Waals surface area (Å²) in [6.45, 7) is 11.8. The van der Waals surface area contributed by atoms with E-state index in [2.05, 4.69) is 52.0 Å². The Morgan fingerprint density at radius 2 is 1.53 bits per heavy atom. The molecule has 0 radical (unpaired) electrons. The van der Waals surface area contributed by atoms with Crippen LogP contribution >= 0.6 is 0 Å². The Bertz CT molecular complexity index is 313. The van der Waals surface area contributed by atoms with Crippen molar-refractivity contribution in [3.63, 3.8) is 0 Å². The molecule has 1 unspecified atom stereocenters. The fourth-order valence-electron chi connectivity index (χ4n) is 1.16. The zero-order valence-electron chi connectivity index (χ0n) is 13.5. The number of carbonyl (C=O) groups excluding carboxylic acids is 1. The minimum Gasteiger partial charge on any atom is -0.322 e. The SMILES string of the molecule is CC(=O)C(C)N.CCCCC.Cc1cccc(C)c1. The second-order valence-corrected chi connectivity index (χ2v) is 4.91. The second-order valence-electron chi connectivity index (χ2n) is 4.91. The van der Waals surface area contributed by atoms with E-state index in [4.69, 9.17) is 5.73 Å². The van der Waals surface area contributed by atoms with Gasteiger partial charge in [-0.25, -0.2) is 0 Å². The molecule has 0 aliphatic rings. The molecule has 0 spiro atoms. The van der Waals surface area contributed by atoms with E-state index in [1.54, 1.807) is 6.92 Å². The van der Waals surface area contributed by atoms with Gasteiger partial charge in [0.2, 0.25) is 0 Å². The van der Waals surface area contributed by atoms with Crippen LogP contribution in [0.15, 0.2) is 24.3 Å². The number of carbonyl (C=O) groups is 1. The van der Waals surface area contributed by atoms with E-state index in [-0.39, 0.29) is 11.8 Å². The van der Waals surface area contributed by atoms with Crippen molar-refractivity contribution < 1.29 is 4.79 Å². The summed E-state index contributed by atoms with van der Waals surface area (Å²) in [5, 5.41) is 0. The molecule has 0 saturated carbocycles. The average molecular weight is 265 g/mol. The number of nitrogens with two attached hydrogens (primary N) is 1. The number of ketones is 1. The molecule has 0 saturated heterocycles. The van der Waals surface area contributed by atoms with Gasteiger partial charge in [0.1, 0.15) is 5.78 Å². The number of hydrogen-bond donors (Lipinski definition) is 1. The zero-order chi connectivity index (χ0) is 15.3. The van der Waals surface area contributed by atoms with Crippen molar-refractivity contribution in [3.8, 4) is 0 Å². The minimum atomic E-state index is -0.287. The van der Waals surface area contributed by atoms with Crippen molar-refractivity contribution in [2.24, 2.45) is 5.73 Å². The molecule has 2 heteroatoms. The predicted molar refractivity (Wildman–Crippen MR) is 85.4 cm³/mol. The van der Waals surface area contributed by atoms with Gasteiger partial charge in [-0.2, -0.15) is 0 Å². The van der Waals surface area contributed by atoms with Gasteiger partial charge < -0.3 is 5.73 Å². The van der Waals surface area contributed by atoms with E-state index in [0.29, 0.717) is 0 Å². The summed E-state index contributed by atoms with van der Waals surface area (Å²) in [5.74, 6) is 0.0370. The number of Topliss-reactive ketones (excluding diaryl/α,β-unsaturated/α-hetero) is 1. The molecular formula is C17H31NO. The first kappa shape index (κ1) is 20.2. The van der Waals surface area contributed by atoms with Crippen molar-refractivity contribution in [2.75, 3.05) is 0 Å². The second kappa shape index (κ2) is 13.3. The van der Waals surface area contributed by atoms with Gasteiger partial charge in [-0.1, -0.05) is 68.5 Å². The first-order chi connectivity index (χ1) is 8.84. The standard InChI is InChI=1S/C8H10.C5H12.C4H9NO/c1-7-4-3-5-8(2)6-7;1-3-5-4-2;1-3(5)4(2)6/h3-6H,1-2H3;3-5H2,1-2H3;3H,5H2,1-2H3. The monoisotopic (exact) mass is 265 g/mol. The number of rotatable bonds is 3. The number of unbranched alkanes of at least 4 members (excludes halogenated alkanes) is 2. The highest BCUT2D eigenvalue weighted by molar-refractivity contribution is 5.80. The summed E-state index contributed by atoms with van der Waals surface area (Å²) in [4.78, 5) is 10.0. The van der Waals surface area contributed by atoms with Crippen LogP contribution in [0.2, 0.25) is 0 Å². The van der Waals surface area contributed by atoms with Crippen LogP contribution in [0.5, 0.6) is 0 Å². The van der Waals surface area contributed by atoms with Crippen molar-refractivity contribution in [1.29, 1.82) is 0 Å². The van der Waals surface area contributed by atoms with E-state index in [1.165, 1.54) is 37.3 Å². The lowest BCUT2D eigenvalue weighted by molar-refractivity contribution is -0.117. The number of aryl methyl sites for hydroxylation is 2. The fourth-order valence-corrected chi connectivity index (χ4v) is 1.16. The van der Waals surface area contributed by atoms with Gasteiger partial charge in [-0.15, -0.1) is 0 Å². The molecule has 2 nitrogen and oxygen atoms in total. The van der Waals surface area contributed by atoms with E-state index in [9.17, 15) is 4.79 Å². The molecule has 0 aromatic heterocycles. The number of benzene rings is 1. The van der Waals surface area contributed by atoms with Crippen LogP contribution in [0.4, 0.5) is 0 Å². The molecule has 1 aromatic rings. The van der Waals surface area contributed by atoms with Gasteiger partial charge in [0.25, 0.3) is 0 Å². The Hall–Kier alpha value is -1.15. The molecule has 0 aliphatic carbocycles. The molecule has 1 aromatic carbocycles. The Morgan fingerprint density at radius 1 is 1.16 bits per heavy atom. The highest BCUT2D eigenvalue weighted by Crippen LogP contribution is 2.00. The molecule has 0 heterocycles. The van der Waals surface area contributed by atoms with Crippen LogP contribution in [0.1, 0.15) is 58.1 Å². The summed E-state index contributed by atoms with van der Waals surface area (Å²) in [7, 11) is 0. The quantitative estimate of drug-likeness (QED) is 0.879. The molecule has 1 atom stereocenters. The molecule has 0 amide bonds. The summed E-state index contributed by atoms with van der Waals surface area (Å²) in [6, 6.07) is 8.16. The third-order valence-corrected chi connectivity index (χ3v) is 2.52. The maximum absolute atomic E-state index is 10.0. The van der Waals surface area contributed by atoms with Crippen LogP contribution in [0.3, 0.4) is 0 Å². The Kier molecular flexibility index (Phi) is 14.1. The maximum Gasteiger partial charge on any atom is 0.146 e. The normalized spacial score (nSPS) is 10.5. The van der Waals surface area contributed by atoms with E-state index < -0.39 is 0 Å². The van der Waals surface area contributed by atoms with E-state index in [0.717, 1.165) is 0 Å². The van der Waals surface area contributed by atoms with Gasteiger partial charge >= 0.3 is 0 Å². The van der Waals surface area contributed by atoms with Crippen LogP contribution in [-0.4, -0.2) is 11.8 Å². The van der Waals surface area contributed by atoms with Gasteiger partial charge in [0.05, 0.1) is 6.04 Å². The van der Waals surface area contributed by atoms with Crippen molar-refractivity contribution in [2.45, 2.75) is 66.8 Å². The largest absolute Gasteiger partial charge is 0.322 e. The lowest BCUT2D eigenvalue weighted by Crippen LogP contribution is -2.23. The topological polar surface area (TPSA) is 43.1 Å². The molecule has 110 valence electrons. The molecule has 0 fully saturated rings. The lowest BCUT2D eigenvalue weighted by atomic mass is 10.2. The van der Waals surface area contributed by atoms with E-state index >= 15 is 0 Å². The third kappa shape index (κ3) is 16.9. The fraction of sp³-hybridized carbons (Fsp3) is 0.588. The lowest BCUT2D eigenvalue weighted by Gasteiger charge is -1.91. The molecule has 19 heavy (non-hydrogen) atoms. The van der Waals surface area contributed by atoms with Gasteiger partial charge in [-0.3, -0.25) is 4.79 Å². The van der Waals surface area contributed by atoms with Crippen LogP contribution in [0.25, 0.3) is 0 Å². The van der Waals surface area contributed by atoms with Gasteiger partial charge in [0.15, 0.2) is 0 Å². The summed E-state index contributed by atoms with van der Waals surface area (Å²) >= 11 is 0.